The number of furan rings is 1. The molecule has 0 atom stereocenters. The highest BCUT2D eigenvalue weighted by molar-refractivity contribution is 7.89. The third-order valence-corrected chi connectivity index (χ3v) is 3.60. The number of ether oxygens (including phenoxy) is 1. The summed E-state index contributed by atoms with van der Waals surface area (Å²) >= 11 is 0. The Labute approximate surface area is 118 Å². The number of aromatic carboxylic acids is 1. The van der Waals surface area contributed by atoms with E-state index in [4.69, 9.17) is 14.3 Å². The maximum atomic E-state index is 11.8. The van der Waals surface area contributed by atoms with Gasteiger partial charge in [0.25, 0.3) is 10.0 Å². The molecule has 0 saturated heterocycles. The number of rotatable bonds is 9. The van der Waals surface area contributed by atoms with Crippen LogP contribution in [0.2, 0.25) is 0 Å². The Morgan fingerprint density at radius 1 is 1.45 bits per heavy atom. The van der Waals surface area contributed by atoms with Gasteiger partial charge in [-0.2, -0.15) is 0 Å². The Morgan fingerprint density at radius 2 is 2.15 bits per heavy atom. The molecule has 0 aliphatic carbocycles. The van der Waals surface area contributed by atoms with Crippen molar-refractivity contribution in [3.05, 3.63) is 17.9 Å². The second kappa shape index (κ2) is 7.41. The molecule has 0 spiro atoms. The number of sulfonamides is 1. The summed E-state index contributed by atoms with van der Waals surface area (Å²) in [7, 11) is -3.81. The first-order valence-corrected chi connectivity index (χ1v) is 7.72. The highest BCUT2D eigenvalue weighted by Gasteiger charge is 2.20. The van der Waals surface area contributed by atoms with Crippen molar-refractivity contribution in [2.24, 2.45) is 5.92 Å². The Kier molecular flexibility index (Phi) is 6.18. The van der Waals surface area contributed by atoms with Crippen LogP contribution in [0.25, 0.3) is 0 Å². The van der Waals surface area contributed by atoms with Crippen LogP contribution < -0.4 is 4.72 Å². The second-order valence-electron chi connectivity index (χ2n) is 4.64. The van der Waals surface area contributed by atoms with Crippen LogP contribution in [0, 0.1) is 5.92 Å². The molecule has 114 valence electrons. The normalized spacial score (nSPS) is 11.9. The third-order valence-electron chi connectivity index (χ3n) is 2.27. The molecule has 0 saturated carbocycles. The standard InChI is InChI=1S/C12H19NO6S/c1-9(2)8-18-7-3-6-13-20(16,17)11-5-4-10(19-11)12(14)15/h4-5,9,13H,3,6-8H2,1-2H3,(H,14,15). The maximum absolute atomic E-state index is 11.8. The van der Waals surface area contributed by atoms with E-state index in [1.807, 2.05) is 13.8 Å². The van der Waals surface area contributed by atoms with Crippen LogP contribution >= 0.6 is 0 Å². The fourth-order valence-corrected chi connectivity index (χ4v) is 2.35. The molecule has 1 aromatic rings. The van der Waals surface area contributed by atoms with E-state index >= 15 is 0 Å². The summed E-state index contributed by atoms with van der Waals surface area (Å²) in [5.41, 5.74) is 0. The van der Waals surface area contributed by atoms with Gasteiger partial charge in [0.15, 0.2) is 0 Å². The predicted molar refractivity (Wildman–Crippen MR) is 71.1 cm³/mol. The van der Waals surface area contributed by atoms with Crippen molar-refractivity contribution < 1.29 is 27.5 Å². The number of hydrogen-bond donors (Lipinski definition) is 2. The molecule has 0 radical (unpaired) electrons. The lowest BCUT2D eigenvalue weighted by atomic mass is 10.2. The zero-order valence-corrected chi connectivity index (χ0v) is 12.3. The van der Waals surface area contributed by atoms with E-state index in [1.165, 1.54) is 0 Å². The average molecular weight is 305 g/mol. The van der Waals surface area contributed by atoms with E-state index in [-0.39, 0.29) is 6.54 Å². The van der Waals surface area contributed by atoms with Gasteiger partial charge in [0.1, 0.15) is 0 Å². The molecule has 1 rings (SSSR count). The Bertz CT molecular complexity index is 534. The summed E-state index contributed by atoms with van der Waals surface area (Å²) < 4.78 is 35.9. The molecular formula is C12H19NO6S. The Balaban J connectivity index is 2.39. The number of nitrogens with one attached hydrogen (secondary N) is 1. The molecule has 7 nitrogen and oxygen atoms in total. The molecule has 0 aliphatic heterocycles. The van der Waals surface area contributed by atoms with Crippen molar-refractivity contribution in [2.45, 2.75) is 25.4 Å². The molecule has 0 bridgehead atoms. The third kappa shape index (κ3) is 5.32. The van der Waals surface area contributed by atoms with Crippen molar-refractivity contribution in [2.75, 3.05) is 19.8 Å². The van der Waals surface area contributed by atoms with Crippen LogP contribution in [-0.4, -0.2) is 39.3 Å². The molecule has 2 N–H and O–H groups in total. The first-order chi connectivity index (χ1) is 9.33. The molecule has 0 aromatic carbocycles. The average Bonchev–Trinajstić information content (AvgIpc) is 2.83. The van der Waals surface area contributed by atoms with Gasteiger partial charge in [0, 0.05) is 19.8 Å². The van der Waals surface area contributed by atoms with Crippen LogP contribution in [0.5, 0.6) is 0 Å². The number of hydrogen-bond acceptors (Lipinski definition) is 5. The monoisotopic (exact) mass is 305 g/mol. The van der Waals surface area contributed by atoms with Gasteiger partial charge in [-0.1, -0.05) is 13.8 Å². The largest absolute Gasteiger partial charge is 0.475 e. The van der Waals surface area contributed by atoms with E-state index in [1.54, 1.807) is 0 Å². The summed E-state index contributed by atoms with van der Waals surface area (Å²) in [5.74, 6) is -1.29. The smallest absolute Gasteiger partial charge is 0.371 e. The van der Waals surface area contributed by atoms with Crippen LogP contribution in [0.4, 0.5) is 0 Å². The van der Waals surface area contributed by atoms with Crippen LogP contribution in [0.1, 0.15) is 30.8 Å². The molecule has 0 fully saturated rings. The van der Waals surface area contributed by atoms with Crippen molar-refractivity contribution >= 4 is 16.0 Å². The molecule has 8 heteroatoms. The minimum absolute atomic E-state index is 0.198. The van der Waals surface area contributed by atoms with E-state index in [2.05, 4.69) is 4.72 Å². The molecule has 0 aliphatic rings. The second-order valence-corrected chi connectivity index (χ2v) is 6.34. The molecular weight excluding hydrogens is 286 g/mol. The summed E-state index contributed by atoms with van der Waals surface area (Å²) in [4.78, 5) is 10.6. The van der Waals surface area contributed by atoms with Gasteiger partial charge >= 0.3 is 5.97 Å². The highest BCUT2D eigenvalue weighted by atomic mass is 32.2. The van der Waals surface area contributed by atoms with Crippen LogP contribution in [0.15, 0.2) is 21.6 Å². The van der Waals surface area contributed by atoms with Gasteiger partial charge in [0.05, 0.1) is 0 Å². The van der Waals surface area contributed by atoms with Crippen molar-refractivity contribution in [1.29, 1.82) is 0 Å². The molecule has 0 unspecified atom stereocenters. The summed E-state index contributed by atoms with van der Waals surface area (Å²) in [5, 5.41) is 8.25. The van der Waals surface area contributed by atoms with Gasteiger partial charge in [-0.05, 0) is 24.5 Å². The van der Waals surface area contributed by atoms with Crippen molar-refractivity contribution in [1.82, 2.24) is 4.72 Å². The summed E-state index contributed by atoms with van der Waals surface area (Å²) in [6, 6.07) is 2.21. The van der Waals surface area contributed by atoms with E-state index in [0.717, 1.165) is 12.1 Å². The van der Waals surface area contributed by atoms with Crippen LogP contribution in [0.3, 0.4) is 0 Å². The van der Waals surface area contributed by atoms with E-state index in [0.29, 0.717) is 25.6 Å². The fourth-order valence-electron chi connectivity index (χ4n) is 1.35. The van der Waals surface area contributed by atoms with Gasteiger partial charge in [-0.3, -0.25) is 0 Å². The molecule has 1 aromatic heterocycles. The van der Waals surface area contributed by atoms with E-state index in [9.17, 15) is 13.2 Å². The molecule has 0 amide bonds. The summed E-state index contributed by atoms with van der Waals surface area (Å²) in [6.45, 7) is 5.34. The van der Waals surface area contributed by atoms with Crippen molar-refractivity contribution in [3.63, 3.8) is 0 Å². The quantitative estimate of drug-likeness (QED) is 0.666. The maximum Gasteiger partial charge on any atom is 0.371 e. The van der Waals surface area contributed by atoms with Gasteiger partial charge < -0.3 is 14.3 Å². The number of carbonyl (C=O) groups is 1. The molecule has 20 heavy (non-hydrogen) atoms. The summed E-state index contributed by atoms with van der Waals surface area (Å²) in [6.07, 6.45) is 0.526. The fraction of sp³-hybridized carbons (Fsp3) is 0.583. The lowest BCUT2D eigenvalue weighted by Gasteiger charge is -2.07. The highest BCUT2D eigenvalue weighted by Crippen LogP contribution is 2.13. The zero-order chi connectivity index (χ0) is 15.2. The minimum atomic E-state index is -3.81. The van der Waals surface area contributed by atoms with E-state index < -0.39 is 26.8 Å². The lowest BCUT2D eigenvalue weighted by Crippen LogP contribution is -2.25. The first kappa shape index (κ1) is 16.7. The minimum Gasteiger partial charge on any atom is -0.475 e. The predicted octanol–water partition coefficient (Wildman–Crippen LogP) is 1.32. The zero-order valence-electron chi connectivity index (χ0n) is 11.5. The van der Waals surface area contributed by atoms with Gasteiger partial charge in [-0.15, -0.1) is 0 Å². The lowest BCUT2D eigenvalue weighted by molar-refractivity contribution is 0.0656. The topological polar surface area (TPSA) is 106 Å². The number of carboxylic acid groups (broad SMARTS) is 1. The Morgan fingerprint density at radius 3 is 2.70 bits per heavy atom. The van der Waals surface area contributed by atoms with Crippen LogP contribution in [-0.2, 0) is 14.8 Å². The first-order valence-electron chi connectivity index (χ1n) is 6.23. The SMILES string of the molecule is CC(C)COCCCNS(=O)(=O)c1ccc(C(=O)O)o1. The van der Waals surface area contributed by atoms with Gasteiger partial charge in [0.2, 0.25) is 10.9 Å². The van der Waals surface area contributed by atoms with Gasteiger partial charge in [-0.25, -0.2) is 17.9 Å². The van der Waals surface area contributed by atoms with Crippen molar-refractivity contribution in [3.8, 4) is 0 Å². The number of carboxylic acids is 1. The molecule has 1 heterocycles. The Hall–Kier alpha value is -1.38.